The average molecular weight is 974 g/mol. The maximum Gasteiger partial charge on any atom is 0.326 e. The molecule has 0 bridgehead atoms. The highest BCUT2D eigenvalue weighted by atomic mass is 16.4. The summed E-state index contributed by atoms with van der Waals surface area (Å²) in [6, 6.07) is 6.95. The number of benzene rings is 2. The number of anilines is 2. The van der Waals surface area contributed by atoms with Gasteiger partial charge in [0.15, 0.2) is 5.96 Å². The third kappa shape index (κ3) is 24.4. The van der Waals surface area contributed by atoms with Gasteiger partial charge in [0.2, 0.25) is 29.5 Å². The van der Waals surface area contributed by atoms with Crippen molar-refractivity contribution >= 4 is 77.5 Å². The summed E-state index contributed by atoms with van der Waals surface area (Å²) in [6.45, 7) is 7.25. The molecule has 0 aliphatic carbocycles. The fourth-order valence-electron chi connectivity index (χ4n) is 6.34. The van der Waals surface area contributed by atoms with Gasteiger partial charge in [0.05, 0.1) is 6.42 Å². The number of para-hydroxylation sites is 1. The number of nitrogens with zero attached hydrogens (tertiary/aromatic N) is 1. The van der Waals surface area contributed by atoms with E-state index in [0.29, 0.717) is 23.4 Å². The molecule has 70 heavy (non-hydrogen) atoms. The quantitative estimate of drug-likeness (QED) is 0.0169. The molecule has 2 aromatic rings. The second-order valence-electron chi connectivity index (χ2n) is 15.8. The lowest BCUT2D eigenvalue weighted by atomic mass is 10.0. The molecule has 23 nitrogen and oxygen atoms in total. The topological polar surface area (TPSA) is 373 Å². The van der Waals surface area contributed by atoms with Gasteiger partial charge in [-0.3, -0.25) is 44.0 Å². The molecule has 14 N–H and O–H groups in total. The highest BCUT2D eigenvalue weighted by Crippen LogP contribution is 2.16. The first kappa shape index (κ1) is 57.8. The Hall–Kier alpha value is -8.37. The molecule has 2 rings (SSSR count). The van der Waals surface area contributed by atoms with Crippen LogP contribution in [0.2, 0.25) is 0 Å². The van der Waals surface area contributed by atoms with Crippen molar-refractivity contribution in [3.05, 3.63) is 95.7 Å². The summed E-state index contributed by atoms with van der Waals surface area (Å²) >= 11 is 0. The molecular formula is C47H63N11O12. The minimum atomic E-state index is -1.65. The van der Waals surface area contributed by atoms with Crippen molar-refractivity contribution in [1.82, 2.24) is 31.9 Å². The first-order valence-corrected chi connectivity index (χ1v) is 22.2. The lowest BCUT2D eigenvalue weighted by Crippen LogP contribution is -2.58. The van der Waals surface area contributed by atoms with Crippen molar-refractivity contribution in [2.75, 3.05) is 23.7 Å². The largest absolute Gasteiger partial charge is 0.481 e. The molecule has 23 heteroatoms. The number of carboxylic acids is 3. The molecule has 0 radical (unpaired) electrons. The van der Waals surface area contributed by atoms with Crippen molar-refractivity contribution in [3.63, 3.8) is 0 Å². The van der Waals surface area contributed by atoms with Gasteiger partial charge >= 0.3 is 23.9 Å². The first-order chi connectivity index (χ1) is 33.3. The fourth-order valence-corrected chi connectivity index (χ4v) is 6.34. The van der Waals surface area contributed by atoms with Gasteiger partial charge in [-0.05, 0) is 101 Å². The van der Waals surface area contributed by atoms with E-state index in [1.54, 1.807) is 61.5 Å². The van der Waals surface area contributed by atoms with E-state index >= 15 is 0 Å². The molecule has 0 saturated heterocycles. The fraction of sp³-hybridized carbons (Fsp3) is 0.383. The van der Waals surface area contributed by atoms with Crippen LogP contribution in [-0.4, -0.2) is 119 Å². The number of nitrogens with two attached hydrogens (primary N) is 1. The van der Waals surface area contributed by atoms with Gasteiger partial charge in [-0.1, -0.05) is 48.1 Å². The molecule has 0 saturated carbocycles. The second kappa shape index (κ2) is 31.6. The van der Waals surface area contributed by atoms with Gasteiger partial charge in [-0.25, -0.2) is 9.59 Å². The minimum absolute atomic E-state index is 0.0247. The van der Waals surface area contributed by atoms with Crippen molar-refractivity contribution in [1.29, 1.82) is 5.41 Å². The molecule has 0 heterocycles. The average Bonchev–Trinajstić information content (AvgIpc) is 3.29. The predicted octanol–water partition coefficient (Wildman–Crippen LogP) is 2.20. The SMILES string of the molecule is C=N\C=C/C=C(C)/C=C/C(=O)NCCCC[C@H](NC(=O)Cc1ccc(NC(=O)Nc2ccccc2C)cc1)C(=O)N[C@@H](CCC(=O)O)C(=O)N[C@@H](CCC(=O)O)C(=O)N[C@@H](CCCNC(=N)N)C(=O)O. The van der Waals surface area contributed by atoms with E-state index in [2.05, 4.69) is 54.2 Å². The number of aliphatic imine (C=N–C) groups is 1. The smallest absolute Gasteiger partial charge is 0.326 e. The Balaban J connectivity index is 2.28. The molecule has 0 spiro atoms. The third-order valence-corrected chi connectivity index (χ3v) is 10.0. The summed E-state index contributed by atoms with van der Waals surface area (Å²) in [5.74, 6) is -8.60. The number of hydrogen-bond donors (Lipinski definition) is 13. The zero-order valence-electron chi connectivity index (χ0n) is 39.0. The molecule has 0 unspecified atom stereocenters. The summed E-state index contributed by atoms with van der Waals surface area (Å²) in [4.78, 5) is 118. The number of amides is 7. The highest BCUT2D eigenvalue weighted by Gasteiger charge is 2.32. The highest BCUT2D eigenvalue weighted by molar-refractivity contribution is 6.00. The van der Waals surface area contributed by atoms with E-state index in [9.17, 15) is 58.5 Å². The van der Waals surface area contributed by atoms with Crippen LogP contribution in [0.1, 0.15) is 75.8 Å². The van der Waals surface area contributed by atoms with Crippen LogP contribution in [0.4, 0.5) is 16.2 Å². The van der Waals surface area contributed by atoms with E-state index in [1.165, 1.54) is 12.3 Å². The first-order valence-electron chi connectivity index (χ1n) is 22.2. The van der Waals surface area contributed by atoms with Crippen LogP contribution >= 0.6 is 0 Å². The van der Waals surface area contributed by atoms with Gasteiger partial charge in [-0.2, -0.15) is 0 Å². The normalized spacial score (nSPS) is 12.9. The maximum absolute atomic E-state index is 14.0. The van der Waals surface area contributed by atoms with E-state index in [1.807, 2.05) is 19.1 Å². The van der Waals surface area contributed by atoms with Crippen molar-refractivity contribution < 1.29 is 58.5 Å². The van der Waals surface area contributed by atoms with Gasteiger partial charge < -0.3 is 63.6 Å². The van der Waals surface area contributed by atoms with Crippen LogP contribution in [0.15, 0.2) is 89.6 Å². The van der Waals surface area contributed by atoms with Crippen molar-refractivity contribution in [3.8, 4) is 0 Å². The molecule has 378 valence electrons. The number of urea groups is 1. The number of carbonyl (C=O) groups excluding carboxylic acids is 6. The summed E-state index contributed by atoms with van der Waals surface area (Å²) in [5.41, 5.74) is 8.41. The Morgan fingerprint density at radius 3 is 1.81 bits per heavy atom. The number of allylic oxidation sites excluding steroid dienone is 4. The van der Waals surface area contributed by atoms with Gasteiger partial charge in [0.1, 0.15) is 24.2 Å². The van der Waals surface area contributed by atoms with Gasteiger partial charge in [0, 0.05) is 49.6 Å². The van der Waals surface area contributed by atoms with Crippen LogP contribution in [0.25, 0.3) is 0 Å². The molecule has 2 aromatic carbocycles. The zero-order chi connectivity index (χ0) is 52.0. The third-order valence-electron chi connectivity index (χ3n) is 10.0. The summed E-state index contributed by atoms with van der Waals surface area (Å²) in [6.07, 6.45) is 5.77. The van der Waals surface area contributed by atoms with Crippen LogP contribution < -0.4 is 48.3 Å². The van der Waals surface area contributed by atoms with Crippen LogP contribution in [0.5, 0.6) is 0 Å². The minimum Gasteiger partial charge on any atom is -0.481 e. The standard InChI is InChI=1S/C47H63N11O12/c1-29(10-8-25-50-3)15-22-38(59)51-26-7-6-13-34(54-39(60)28-31-16-18-32(19-17-31)53-47(70)58-33-12-5-4-11-30(33)2)42(65)55-35(20-23-40(61)62)43(66)56-36(21-24-41(63)64)44(67)57-37(45(68)69)14-9-27-52-46(48)49/h4-5,8,10-12,15-19,22,25,34-37H,3,6-7,9,13-14,20-21,23-24,26-28H2,1-2H3,(H,51,59)(H,54,60)(H,55,65)(H,56,66)(H,57,67)(H,61,62)(H,63,64)(H,68,69)(H4,48,49,52)(H2,53,58,70)/b22-15+,25-8-,29-10+/t34-,35-,36-,37-/m0/s1. The molecule has 0 aliphatic rings. The molecule has 0 fully saturated rings. The van der Waals surface area contributed by atoms with Gasteiger partial charge in [-0.15, -0.1) is 0 Å². The lowest BCUT2D eigenvalue weighted by molar-refractivity contribution is -0.143. The summed E-state index contributed by atoms with van der Waals surface area (Å²) < 4.78 is 0. The number of carboxylic acid groups (broad SMARTS) is 3. The lowest BCUT2D eigenvalue weighted by Gasteiger charge is -2.26. The van der Waals surface area contributed by atoms with E-state index < -0.39 is 103 Å². The van der Waals surface area contributed by atoms with Crippen LogP contribution in [0.3, 0.4) is 0 Å². The molecular weight excluding hydrogens is 911 g/mol. The molecule has 4 atom stereocenters. The Morgan fingerprint density at radius 1 is 0.700 bits per heavy atom. The number of rotatable bonds is 31. The Morgan fingerprint density at radius 2 is 1.26 bits per heavy atom. The van der Waals surface area contributed by atoms with E-state index in [0.717, 1.165) is 11.1 Å². The molecule has 0 aliphatic heterocycles. The summed E-state index contributed by atoms with van der Waals surface area (Å²) in [7, 11) is 0. The number of aryl methyl sites for hydroxylation is 1. The Labute approximate surface area is 404 Å². The predicted molar refractivity (Wildman–Crippen MR) is 261 cm³/mol. The van der Waals surface area contributed by atoms with E-state index in [-0.39, 0.29) is 51.2 Å². The second-order valence-corrected chi connectivity index (χ2v) is 15.8. The maximum atomic E-state index is 14.0. The number of carbonyl (C=O) groups is 9. The zero-order valence-corrected chi connectivity index (χ0v) is 39.0. The Bertz CT molecular complexity index is 2260. The monoisotopic (exact) mass is 973 g/mol. The van der Waals surface area contributed by atoms with Crippen molar-refractivity contribution in [2.45, 2.75) is 102 Å². The summed E-state index contributed by atoms with van der Waals surface area (Å²) in [5, 5.41) is 56.2. The molecule has 0 aromatic heterocycles. The van der Waals surface area contributed by atoms with Crippen molar-refractivity contribution in [2.24, 2.45) is 10.7 Å². The number of aliphatic carboxylic acids is 3. The van der Waals surface area contributed by atoms with Crippen LogP contribution in [0, 0.1) is 12.3 Å². The number of unbranched alkanes of at least 4 members (excludes halogenated alkanes) is 1. The number of nitrogens with one attached hydrogen (secondary N) is 9. The van der Waals surface area contributed by atoms with Gasteiger partial charge in [0.25, 0.3) is 0 Å². The van der Waals surface area contributed by atoms with E-state index in [4.69, 9.17) is 11.1 Å². The van der Waals surface area contributed by atoms with Crippen LogP contribution in [-0.2, 0) is 44.8 Å². The Kier molecular flexibility index (Phi) is 26.1. The number of guanidine groups is 1. The number of hydrogen-bond acceptors (Lipinski definition) is 11. The molecule has 7 amide bonds.